The summed E-state index contributed by atoms with van der Waals surface area (Å²) in [6.07, 6.45) is 4.95. The highest BCUT2D eigenvalue weighted by Gasteiger charge is 2.54. The highest BCUT2D eigenvalue weighted by Crippen LogP contribution is 2.40. The summed E-state index contributed by atoms with van der Waals surface area (Å²) >= 11 is 0. The lowest BCUT2D eigenvalue weighted by Crippen LogP contribution is -2.67. The number of nitrogens with one attached hydrogen (secondary N) is 1. The van der Waals surface area contributed by atoms with Gasteiger partial charge in [0, 0.05) is 38.6 Å². The van der Waals surface area contributed by atoms with Crippen molar-refractivity contribution in [3.63, 3.8) is 0 Å². The molecule has 3 aliphatic heterocycles. The number of hydrogen-bond acceptors (Lipinski definition) is 4. The van der Waals surface area contributed by atoms with Gasteiger partial charge in [-0.3, -0.25) is 14.4 Å². The third kappa shape index (κ3) is 2.71. The van der Waals surface area contributed by atoms with E-state index in [1.54, 1.807) is 17.0 Å². The molecular weight excluding hydrogens is 322 g/mol. The summed E-state index contributed by atoms with van der Waals surface area (Å²) in [6, 6.07) is 3.14. The number of nitrogens with zero attached hydrogens (tertiary/aromatic N) is 2. The number of amides is 3. The highest BCUT2D eigenvalue weighted by atomic mass is 16.3. The number of piperidine rings is 2. The van der Waals surface area contributed by atoms with Crippen LogP contribution in [0.3, 0.4) is 0 Å². The second-order valence-corrected chi connectivity index (χ2v) is 7.27. The average molecular weight is 345 g/mol. The Morgan fingerprint density at radius 3 is 2.72 bits per heavy atom. The fraction of sp³-hybridized carbons (Fsp3) is 0.611. The number of likely N-dealkylation sites (tertiary alicyclic amines) is 2. The van der Waals surface area contributed by atoms with Crippen LogP contribution in [0, 0.1) is 5.41 Å². The number of carbonyl (C=O) groups is 3. The zero-order valence-electron chi connectivity index (χ0n) is 14.2. The van der Waals surface area contributed by atoms with E-state index in [1.807, 2.05) is 4.90 Å². The van der Waals surface area contributed by atoms with Crippen molar-refractivity contribution < 1.29 is 18.8 Å². The molecule has 0 radical (unpaired) electrons. The first kappa shape index (κ1) is 16.2. The largest absolute Gasteiger partial charge is 0.459 e. The molecule has 1 N–H and O–H groups in total. The molecule has 0 aliphatic carbocycles. The maximum absolute atomic E-state index is 13.3. The summed E-state index contributed by atoms with van der Waals surface area (Å²) in [6.45, 7) is 2.40. The van der Waals surface area contributed by atoms with Crippen molar-refractivity contribution in [2.45, 2.75) is 38.1 Å². The van der Waals surface area contributed by atoms with Crippen LogP contribution in [0.15, 0.2) is 22.8 Å². The van der Waals surface area contributed by atoms with Crippen LogP contribution in [0.2, 0.25) is 0 Å². The van der Waals surface area contributed by atoms with Crippen LogP contribution in [0.4, 0.5) is 0 Å². The molecule has 4 rings (SSSR count). The molecule has 0 saturated carbocycles. The van der Waals surface area contributed by atoms with Gasteiger partial charge in [-0.15, -0.1) is 0 Å². The second-order valence-electron chi connectivity index (χ2n) is 7.27. The van der Waals surface area contributed by atoms with E-state index in [2.05, 4.69) is 5.32 Å². The first-order valence-corrected chi connectivity index (χ1v) is 9.02. The number of fused-ring (bicyclic) bond motifs is 1. The van der Waals surface area contributed by atoms with E-state index in [0.717, 1.165) is 25.9 Å². The molecule has 0 spiro atoms. The molecule has 3 saturated heterocycles. The van der Waals surface area contributed by atoms with Crippen molar-refractivity contribution in [2.75, 3.05) is 26.2 Å². The normalized spacial score (nSPS) is 29.3. The molecule has 0 unspecified atom stereocenters. The van der Waals surface area contributed by atoms with Crippen LogP contribution in [0.1, 0.15) is 42.7 Å². The Morgan fingerprint density at radius 2 is 2.00 bits per heavy atom. The molecular formula is C18H23N3O4. The summed E-state index contributed by atoms with van der Waals surface area (Å²) in [4.78, 5) is 41.5. The Kier molecular flexibility index (Phi) is 4.01. The summed E-state index contributed by atoms with van der Waals surface area (Å²) < 4.78 is 5.24. The van der Waals surface area contributed by atoms with Crippen LogP contribution in [0.5, 0.6) is 0 Å². The monoisotopic (exact) mass is 345 g/mol. The molecule has 7 nitrogen and oxygen atoms in total. The smallest absolute Gasteiger partial charge is 0.289 e. The lowest BCUT2D eigenvalue weighted by molar-refractivity contribution is -0.151. The number of rotatable bonds is 2. The van der Waals surface area contributed by atoms with Gasteiger partial charge in [0.15, 0.2) is 5.76 Å². The third-order valence-corrected chi connectivity index (χ3v) is 5.80. The van der Waals surface area contributed by atoms with Gasteiger partial charge in [0.1, 0.15) is 0 Å². The number of carbonyl (C=O) groups excluding carboxylic acids is 3. The molecule has 3 amide bonds. The Hall–Kier alpha value is -2.31. The van der Waals surface area contributed by atoms with Gasteiger partial charge in [-0.2, -0.15) is 0 Å². The van der Waals surface area contributed by atoms with Crippen molar-refractivity contribution >= 4 is 17.7 Å². The van der Waals surface area contributed by atoms with Crippen molar-refractivity contribution in [2.24, 2.45) is 5.41 Å². The van der Waals surface area contributed by atoms with Crippen LogP contribution >= 0.6 is 0 Å². The zero-order chi connectivity index (χ0) is 17.4. The molecule has 4 heterocycles. The zero-order valence-corrected chi connectivity index (χ0v) is 14.2. The highest BCUT2D eigenvalue weighted by molar-refractivity contribution is 5.93. The van der Waals surface area contributed by atoms with Crippen molar-refractivity contribution in [1.29, 1.82) is 0 Å². The minimum Gasteiger partial charge on any atom is -0.459 e. The van der Waals surface area contributed by atoms with Gasteiger partial charge in [0.2, 0.25) is 11.8 Å². The van der Waals surface area contributed by atoms with Crippen LogP contribution in [-0.2, 0) is 9.59 Å². The lowest BCUT2D eigenvalue weighted by atomic mass is 9.69. The Morgan fingerprint density at radius 1 is 1.20 bits per heavy atom. The van der Waals surface area contributed by atoms with E-state index < -0.39 is 5.41 Å². The first-order chi connectivity index (χ1) is 12.1. The van der Waals surface area contributed by atoms with Gasteiger partial charge in [-0.25, -0.2) is 0 Å². The SMILES string of the molecule is O=C1CC[C@]2(C(=O)N3CCCC3)CN(C(=O)c3ccco3)CC[C@H]2N1. The topological polar surface area (TPSA) is 82.9 Å². The Labute approximate surface area is 146 Å². The molecule has 3 fully saturated rings. The van der Waals surface area contributed by atoms with E-state index >= 15 is 0 Å². The van der Waals surface area contributed by atoms with Crippen LogP contribution < -0.4 is 5.32 Å². The fourth-order valence-electron chi connectivity index (χ4n) is 4.45. The van der Waals surface area contributed by atoms with Crippen LogP contribution in [-0.4, -0.2) is 59.7 Å². The molecule has 1 aromatic rings. The standard InChI is InChI=1S/C18H23N3O4/c22-15-5-7-18(17(24)20-8-1-2-9-20)12-21(10-6-14(18)19-15)16(23)13-4-3-11-25-13/h3-4,11,14H,1-2,5-10,12H2,(H,19,22)/t14-,18+/m1/s1. The molecule has 25 heavy (non-hydrogen) atoms. The Balaban J connectivity index is 1.61. The van der Waals surface area contributed by atoms with Gasteiger partial charge >= 0.3 is 0 Å². The predicted octanol–water partition coefficient (Wildman–Crippen LogP) is 1.01. The second kappa shape index (κ2) is 6.20. The van der Waals surface area contributed by atoms with Gasteiger partial charge in [-0.1, -0.05) is 0 Å². The summed E-state index contributed by atoms with van der Waals surface area (Å²) in [5.74, 6) is 0.198. The Bertz CT molecular complexity index is 681. The molecule has 7 heteroatoms. The lowest BCUT2D eigenvalue weighted by Gasteiger charge is -2.50. The van der Waals surface area contributed by atoms with Gasteiger partial charge in [-0.05, 0) is 37.8 Å². The summed E-state index contributed by atoms with van der Waals surface area (Å²) in [5, 5.41) is 3.01. The molecule has 3 aliphatic rings. The van der Waals surface area contributed by atoms with Gasteiger partial charge in [0.05, 0.1) is 11.7 Å². The van der Waals surface area contributed by atoms with E-state index in [-0.39, 0.29) is 23.8 Å². The molecule has 1 aromatic heterocycles. The maximum atomic E-state index is 13.3. The van der Waals surface area contributed by atoms with Gasteiger partial charge < -0.3 is 19.5 Å². The summed E-state index contributed by atoms with van der Waals surface area (Å²) in [5.41, 5.74) is -0.710. The quantitative estimate of drug-likeness (QED) is 0.867. The van der Waals surface area contributed by atoms with E-state index in [9.17, 15) is 14.4 Å². The number of furan rings is 1. The van der Waals surface area contributed by atoms with E-state index in [0.29, 0.717) is 38.1 Å². The minimum absolute atomic E-state index is 0.000609. The predicted molar refractivity (Wildman–Crippen MR) is 88.6 cm³/mol. The van der Waals surface area contributed by atoms with Crippen molar-refractivity contribution in [3.8, 4) is 0 Å². The van der Waals surface area contributed by atoms with E-state index in [1.165, 1.54) is 6.26 Å². The molecule has 0 bridgehead atoms. The van der Waals surface area contributed by atoms with Crippen LogP contribution in [0.25, 0.3) is 0 Å². The minimum atomic E-state index is -0.710. The summed E-state index contributed by atoms with van der Waals surface area (Å²) in [7, 11) is 0. The molecule has 134 valence electrons. The van der Waals surface area contributed by atoms with Crippen molar-refractivity contribution in [3.05, 3.63) is 24.2 Å². The average Bonchev–Trinajstić information content (AvgIpc) is 3.33. The maximum Gasteiger partial charge on any atom is 0.289 e. The molecule has 2 atom stereocenters. The van der Waals surface area contributed by atoms with Gasteiger partial charge in [0.25, 0.3) is 5.91 Å². The molecule has 0 aromatic carbocycles. The fourth-order valence-corrected chi connectivity index (χ4v) is 4.45. The number of hydrogen-bond donors (Lipinski definition) is 1. The third-order valence-electron chi connectivity index (χ3n) is 5.80. The van der Waals surface area contributed by atoms with E-state index in [4.69, 9.17) is 4.42 Å². The van der Waals surface area contributed by atoms with Crippen molar-refractivity contribution in [1.82, 2.24) is 15.1 Å². The first-order valence-electron chi connectivity index (χ1n) is 9.02.